The van der Waals surface area contributed by atoms with E-state index in [0.717, 1.165) is 12.8 Å². The first kappa shape index (κ1) is 15.2. The molecule has 0 aliphatic heterocycles. The third kappa shape index (κ3) is 4.16. The highest BCUT2D eigenvalue weighted by Crippen LogP contribution is 2.32. The summed E-state index contributed by atoms with van der Waals surface area (Å²) in [5, 5.41) is 13.2. The number of carbonyl (C=O) groups is 1. The van der Waals surface area contributed by atoms with Gasteiger partial charge in [0.05, 0.1) is 17.2 Å². The lowest BCUT2D eigenvalue weighted by atomic mass is 10.2. The van der Waals surface area contributed by atoms with E-state index < -0.39 is 0 Å². The maximum atomic E-state index is 12.1. The van der Waals surface area contributed by atoms with Crippen LogP contribution in [0, 0.1) is 5.92 Å². The van der Waals surface area contributed by atoms with Gasteiger partial charge >= 0.3 is 0 Å². The molecule has 2 rings (SSSR count). The Bertz CT molecular complexity index is 462. The van der Waals surface area contributed by atoms with Gasteiger partial charge in [0.15, 0.2) is 0 Å². The van der Waals surface area contributed by atoms with Crippen molar-refractivity contribution in [2.45, 2.75) is 31.9 Å². The average Bonchev–Trinajstić information content (AvgIpc) is 3.24. The van der Waals surface area contributed by atoms with Crippen LogP contribution in [0.3, 0.4) is 0 Å². The van der Waals surface area contributed by atoms with Gasteiger partial charge in [-0.1, -0.05) is 11.6 Å². The number of aliphatic hydroxyl groups excluding tert-OH is 1. The van der Waals surface area contributed by atoms with Gasteiger partial charge in [0.25, 0.3) is 0 Å². The Hall–Kier alpha value is -1.17. The molecule has 6 heteroatoms. The minimum absolute atomic E-state index is 0.148. The van der Waals surface area contributed by atoms with Crippen LogP contribution in [0.25, 0.3) is 0 Å². The molecule has 1 saturated carbocycles. The number of hydrogen-bond acceptors (Lipinski definition) is 4. The van der Waals surface area contributed by atoms with E-state index in [0.29, 0.717) is 23.3 Å². The number of hydrogen-bond donors (Lipinski definition) is 2. The van der Waals surface area contributed by atoms with Gasteiger partial charge < -0.3 is 10.4 Å². The highest BCUT2D eigenvalue weighted by molar-refractivity contribution is 6.30. The second kappa shape index (κ2) is 6.52. The molecule has 0 spiro atoms. The molecule has 1 fully saturated rings. The Balaban J connectivity index is 1.85. The van der Waals surface area contributed by atoms with Crippen LogP contribution in [0.4, 0.5) is 5.82 Å². The van der Waals surface area contributed by atoms with Gasteiger partial charge in [0.2, 0.25) is 5.91 Å². The Morgan fingerprint density at radius 1 is 1.60 bits per heavy atom. The lowest BCUT2D eigenvalue weighted by molar-refractivity contribution is -0.120. The zero-order valence-corrected chi connectivity index (χ0v) is 12.5. The predicted octanol–water partition coefficient (Wildman–Crippen LogP) is 1.76. The standard InChI is InChI=1S/C14H20ClN3O2/c1-9(18(2)8-12(19)10-3-4-10)14(20)17-13-6-5-11(15)7-16-13/h5-7,9-10,12,19H,3-4,8H2,1-2H3,(H,16,17,20). The van der Waals surface area contributed by atoms with Crippen molar-refractivity contribution >= 4 is 23.3 Å². The molecule has 0 bridgehead atoms. The molecular weight excluding hydrogens is 278 g/mol. The summed E-state index contributed by atoms with van der Waals surface area (Å²) >= 11 is 5.74. The molecule has 20 heavy (non-hydrogen) atoms. The van der Waals surface area contributed by atoms with Crippen LogP contribution in [0.1, 0.15) is 19.8 Å². The molecule has 2 atom stereocenters. The van der Waals surface area contributed by atoms with Gasteiger partial charge in [-0.05, 0) is 44.9 Å². The molecule has 5 nitrogen and oxygen atoms in total. The molecule has 1 heterocycles. The number of likely N-dealkylation sites (N-methyl/N-ethyl adjacent to an activating group) is 1. The highest BCUT2D eigenvalue weighted by atomic mass is 35.5. The maximum Gasteiger partial charge on any atom is 0.242 e. The van der Waals surface area contributed by atoms with Gasteiger partial charge in [-0.15, -0.1) is 0 Å². The summed E-state index contributed by atoms with van der Waals surface area (Å²) in [7, 11) is 1.84. The number of rotatable bonds is 6. The van der Waals surface area contributed by atoms with Gasteiger partial charge in [-0.25, -0.2) is 4.98 Å². The number of nitrogens with zero attached hydrogens (tertiary/aromatic N) is 2. The van der Waals surface area contributed by atoms with E-state index in [-0.39, 0.29) is 18.1 Å². The Labute approximate surface area is 123 Å². The molecule has 1 aromatic heterocycles. The molecule has 2 unspecified atom stereocenters. The van der Waals surface area contributed by atoms with Crippen molar-refractivity contribution < 1.29 is 9.90 Å². The monoisotopic (exact) mass is 297 g/mol. The number of nitrogens with one attached hydrogen (secondary N) is 1. The van der Waals surface area contributed by atoms with Crippen LogP contribution in [-0.4, -0.2) is 46.6 Å². The van der Waals surface area contributed by atoms with Gasteiger partial charge in [0.1, 0.15) is 5.82 Å². The van der Waals surface area contributed by atoms with Crippen LogP contribution in [0.15, 0.2) is 18.3 Å². The van der Waals surface area contributed by atoms with Gasteiger partial charge in [-0.2, -0.15) is 0 Å². The smallest absolute Gasteiger partial charge is 0.242 e. The summed E-state index contributed by atoms with van der Waals surface area (Å²) in [5.74, 6) is 0.735. The summed E-state index contributed by atoms with van der Waals surface area (Å²) in [6, 6.07) is 3.00. The summed E-state index contributed by atoms with van der Waals surface area (Å²) in [6.07, 6.45) is 3.32. The van der Waals surface area contributed by atoms with E-state index in [4.69, 9.17) is 11.6 Å². The van der Waals surface area contributed by atoms with E-state index in [9.17, 15) is 9.90 Å². The molecule has 1 aliphatic carbocycles. The predicted molar refractivity (Wildman–Crippen MR) is 78.7 cm³/mol. The second-order valence-electron chi connectivity index (χ2n) is 5.37. The van der Waals surface area contributed by atoms with Crippen LogP contribution >= 0.6 is 11.6 Å². The minimum atomic E-state index is -0.344. The van der Waals surface area contributed by atoms with Crippen molar-refractivity contribution in [3.05, 3.63) is 23.4 Å². The molecule has 1 amide bonds. The maximum absolute atomic E-state index is 12.1. The number of halogens is 1. The van der Waals surface area contributed by atoms with E-state index in [1.54, 1.807) is 12.1 Å². The molecule has 0 radical (unpaired) electrons. The molecule has 1 aromatic rings. The zero-order chi connectivity index (χ0) is 14.7. The average molecular weight is 298 g/mol. The van der Waals surface area contributed by atoms with Gasteiger partial charge in [0, 0.05) is 12.7 Å². The van der Waals surface area contributed by atoms with Crippen molar-refractivity contribution in [2.24, 2.45) is 5.92 Å². The van der Waals surface area contributed by atoms with Crippen molar-refractivity contribution in [3.8, 4) is 0 Å². The zero-order valence-electron chi connectivity index (χ0n) is 11.7. The Morgan fingerprint density at radius 3 is 2.85 bits per heavy atom. The van der Waals surface area contributed by atoms with E-state index in [2.05, 4.69) is 10.3 Å². The van der Waals surface area contributed by atoms with E-state index in [1.165, 1.54) is 6.20 Å². The first-order chi connectivity index (χ1) is 9.47. The van der Waals surface area contributed by atoms with Crippen LogP contribution in [0.2, 0.25) is 5.02 Å². The fourth-order valence-electron chi connectivity index (χ4n) is 1.96. The van der Waals surface area contributed by atoms with Crippen LogP contribution < -0.4 is 5.32 Å². The Morgan fingerprint density at radius 2 is 2.30 bits per heavy atom. The topological polar surface area (TPSA) is 65.5 Å². The molecule has 0 aromatic carbocycles. The normalized spacial score (nSPS) is 17.9. The van der Waals surface area contributed by atoms with Crippen LogP contribution in [0.5, 0.6) is 0 Å². The summed E-state index contributed by atoms with van der Waals surface area (Å²) in [4.78, 5) is 18.0. The van der Waals surface area contributed by atoms with Crippen LogP contribution in [-0.2, 0) is 4.79 Å². The van der Waals surface area contributed by atoms with Crippen molar-refractivity contribution in [1.29, 1.82) is 0 Å². The highest BCUT2D eigenvalue weighted by Gasteiger charge is 2.31. The third-order valence-electron chi connectivity index (χ3n) is 3.66. The number of aromatic nitrogens is 1. The van der Waals surface area contributed by atoms with E-state index >= 15 is 0 Å². The van der Waals surface area contributed by atoms with Crippen molar-refractivity contribution in [3.63, 3.8) is 0 Å². The fourth-order valence-corrected chi connectivity index (χ4v) is 2.08. The number of anilines is 1. The van der Waals surface area contributed by atoms with E-state index in [1.807, 2.05) is 18.9 Å². The third-order valence-corrected chi connectivity index (χ3v) is 3.88. The number of pyridine rings is 1. The summed E-state index contributed by atoms with van der Waals surface area (Å²) in [5.41, 5.74) is 0. The second-order valence-corrected chi connectivity index (χ2v) is 5.81. The number of carbonyl (C=O) groups excluding carboxylic acids is 1. The SMILES string of the molecule is CC(C(=O)Nc1ccc(Cl)cn1)N(C)CC(O)C1CC1. The molecule has 1 aliphatic rings. The lowest BCUT2D eigenvalue weighted by Crippen LogP contribution is -2.43. The van der Waals surface area contributed by atoms with Crippen molar-refractivity contribution in [1.82, 2.24) is 9.88 Å². The largest absolute Gasteiger partial charge is 0.392 e. The quantitative estimate of drug-likeness (QED) is 0.840. The molecule has 0 saturated heterocycles. The van der Waals surface area contributed by atoms with Gasteiger partial charge in [-0.3, -0.25) is 9.69 Å². The minimum Gasteiger partial charge on any atom is -0.392 e. The number of amides is 1. The molecule has 110 valence electrons. The fraction of sp³-hybridized carbons (Fsp3) is 0.571. The first-order valence-corrected chi connectivity index (χ1v) is 7.16. The molecular formula is C14H20ClN3O2. The summed E-state index contributed by atoms with van der Waals surface area (Å²) < 4.78 is 0. The number of aliphatic hydroxyl groups is 1. The Kier molecular flexibility index (Phi) is 4.96. The lowest BCUT2D eigenvalue weighted by Gasteiger charge is -2.26. The summed E-state index contributed by atoms with van der Waals surface area (Å²) in [6.45, 7) is 2.32. The van der Waals surface area contributed by atoms with Crippen molar-refractivity contribution in [2.75, 3.05) is 18.9 Å². The molecule has 2 N–H and O–H groups in total. The first-order valence-electron chi connectivity index (χ1n) is 6.78.